The molecule has 1 atom stereocenters. The van der Waals surface area contributed by atoms with Crippen molar-refractivity contribution in [2.75, 3.05) is 29.9 Å². The molecule has 31 heavy (non-hydrogen) atoms. The van der Waals surface area contributed by atoms with Gasteiger partial charge in [0.2, 0.25) is 5.91 Å². The molecule has 3 aromatic rings. The number of anilines is 1. The summed E-state index contributed by atoms with van der Waals surface area (Å²) >= 11 is 0. The second-order valence-corrected chi connectivity index (χ2v) is 9.74. The van der Waals surface area contributed by atoms with Gasteiger partial charge in [0.25, 0.3) is 0 Å². The number of ether oxygens (including phenoxy) is 1. The number of para-hydroxylation sites is 1. The Kier molecular flexibility index (Phi) is 6.34. The Morgan fingerprint density at radius 3 is 2.13 bits per heavy atom. The topological polar surface area (TPSA) is 75.7 Å². The highest BCUT2D eigenvalue weighted by atomic mass is 32.2. The molecule has 1 unspecified atom stereocenters. The van der Waals surface area contributed by atoms with Gasteiger partial charge >= 0.3 is 0 Å². The van der Waals surface area contributed by atoms with Gasteiger partial charge in [-0.15, -0.1) is 0 Å². The van der Waals surface area contributed by atoms with Crippen LogP contribution in [0.1, 0.15) is 11.6 Å². The van der Waals surface area contributed by atoms with Crippen LogP contribution < -0.4 is 10.1 Å². The number of rotatable bonds is 6. The molecule has 0 radical (unpaired) electrons. The molecule has 0 saturated carbocycles. The van der Waals surface area contributed by atoms with Gasteiger partial charge in [0.05, 0.1) is 11.5 Å². The van der Waals surface area contributed by atoms with E-state index < -0.39 is 15.9 Å². The van der Waals surface area contributed by atoms with E-state index in [9.17, 15) is 13.2 Å². The molecule has 1 N–H and O–H groups in total. The minimum Gasteiger partial charge on any atom is -0.457 e. The van der Waals surface area contributed by atoms with Gasteiger partial charge < -0.3 is 10.1 Å². The third-order valence-electron chi connectivity index (χ3n) is 5.19. The summed E-state index contributed by atoms with van der Waals surface area (Å²) in [5.41, 5.74) is 1.44. The molecular weight excluding hydrogens is 412 g/mol. The van der Waals surface area contributed by atoms with Crippen molar-refractivity contribution in [1.29, 1.82) is 0 Å². The van der Waals surface area contributed by atoms with Gasteiger partial charge in [0, 0.05) is 24.8 Å². The smallest absolute Gasteiger partial charge is 0.246 e. The molecule has 0 bridgehead atoms. The normalized spacial score (nSPS) is 16.9. The van der Waals surface area contributed by atoms with Crippen LogP contribution in [0.3, 0.4) is 0 Å². The van der Waals surface area contributed by atoms with Crippen molar-refractivity contribution in [3.05, 3.63) is 90.5 Å². The minimum absolute atomic E-state index is 0.0595. The number of benzene rings is 3. The first-order valence-electron chi connectivity index (χ1n) is 10.1. The van der Waals surface area contributed by atoms with Crippen molar-refractivity contribution in [2.24, 2.45) is 0 Å². The van der Waals surface area contributed by atoms with Crippen molar-refractivity contribution in [2.45, 2.75) is 6.04 Å². The molecule has 1 heterocycles. The summed E-state index contributed by atoms with van der Waals surface area (Å²) < 4.78 is 29.6. The summed E-state index contributed by atoms with van der Waals surface area (Å²) in [6, 6.07) is 25.5. The van der Waals surface area contributed by atoms with Gasteiger partial charge in [0.1, 0.15) is 17.5 Å². The molecule has 4 rings (SSSR count). The zero-order chi connectivity index (χ0) is 21.7. The van der Waals surface area contributed by atoms with Crippen molar-refractivity contribution in [3.8, 4) is 11.5 Å². The first kappa shape index (κ1) is 21.1. The maximum atomic E-state index is 13.3. The zero-order valence-corrected chi connectivity index (χ0v) is 17.8. The Labute approximate surface area is 182 Å². The van der Waals surface area contributed by atoms with Crippen LogP contribution in [0.15, 0.2) is 84.9 Å². The maximum absolute atomic E-state index is 13.3. The first-order chi connectivity index (χ1) is 15.0. The van der Waals surface area contributed by atoms with Crippen LogP contribution >= 0.6 is 0 Å². The lowest BCUT2D eigenvalue weighted by Crippen LogP contribution is -2.46. The SMILES string of the molecule is O=C(Nc1cccc(Oc2ccccc2)c1)C(c1ccccc1)N1CCS(=O)(=O)CC1. The lowest BCUT2D eigenvalue weighted by atomic mass is 10.0. The molecule has 0 aromatic heterocycles. The first-order valence-corrected chi connectivity index (χ1v) is 12.0. The standard InChI is InChI=1S/C24H24N2O4S/c27-24(25-20-10-7-13-22(18-20)30-21-11-5-2-6-12-21)23(19-8-3-1-4-9-19)26-14-16-31(28,29)17-15-26/h1-13,18,23H,14-17H2,(H,25,27). The molecule has 3 aromatic carbocycles. The van der Waals surface area contributed by atoms with E-state index in [1.54, 1.807) is 12.1 Å². The molecule has 0 aliphatic carbocycles. The number of nitrogens with zero attached hydrogens (tertiary/aromatic N) is 1. The number of nitrogens with one attached hydrogen (secondary N) is 1. The fourth-order valence-corrected chi connectivity index (χ4v) is 4.85. The highest BCUT2D eigenvalue weighted by Gasteiger charge is 2.32. The monoisotopic (exact) mass is 436 g/mol. The number of carbonyl (C=O) groups excluding carboxylic acids is 1. The zero-order valence-electron chi connectivity index (χ0n) is 17.0. The molecule has 160 valence electrons. The molecule has 1 amide bonds. The summed E-state index contributed by atoms with van der Waals surface area (Å²) in [4.78, 5) is 15.2. The van der Waals surface area contributed by atoms with E-state index in [4.69, 9.17) is 4.74 Å². The predicted molar refractivity (Wildman–Crippen MR) is 121 cm³/mol. The van der Waals surface area contributed by atoms with E-state index in [1.165, 1.54) is 0 Å². The van der Waals surface area contributed by atoms with E-state index in [2.05, 4.69) is 5.32 Å². The van der Waals surface area contributed by atoms with E-state index in [1.807, 2.05) is 77.7 Å². The summed E-state index contributed by atoms with van der Waals surface area (Å²) in [7, 11) is -3.04. The quantitative estimate of drug-likeness (QED) is 0.635. The molecule has 7 heteroatoms. The van der Waals surface area contributed by atoms with Gasteiger partial charge in [-0.3, -0.25) is 9.69 Å². The summed E-state index contributed by atoms with van der Waals surface area (Å²) in [6.07, 6.45) is 0. The molecular formula is C24H24N2O4S. The molecule has 1 saturated heterocycles. The molecule has 1 fully saturated rings. The second kappa shape index (κ2) is 9.32. The van der Waals surface area contributed by atoms with Crippen molar-refractivity contribution < 1.29 is 17.9 Å². The number of sulfone groups is 1. The molecule has 6 nitrogen and oxygen atoms in total. The maximum Gasteiger partial charge on any atom is 0.246 e. The summed E-state index contributed by atoms with van der Waals surface area (Å²) in [5, 5.41) is 2.97. The predicted octanol–water partition coefficient (Wildman–Crippen LogP) is 3.89. The van der Waals surface area contributed by atoms with E-state index in [0.29, 0.717) is 30.3 Å². The number of hydrogen-bond acceptors (Lipinski definition) is 5. The van der Waals surface area contributed by atoms with Gasteiger partial charge in [0.15, 0.2) is 9.84 Å². The highest BCUT2D eigenvalue weighted by Crippen LogP contribution is 2.27. The van der Waals surface area contributed by atoms with Gasteiger partial charge in [-0.1, -0.05) is 54.6 Å². The minimum atomic E-state index is -3.04. The Morgan fingerprint density at radius 2 is 1.45 bits per heavy atom. The highest BCUT2D eigenvalue weighted by molar-refractivity contribution is 7.91. The average Bonchev–Trinajstić information content (AvgIpc) is 2.77. The number of hydrogen-bond donors (Lipinski definition) is 1. The summed E-state index contributed by atoms with van der Waals surface area (Å²) in [6.45, 7) is 0.652. The molecule has 1 aliphatic rings. The second-order valence-electron chi connectivity index (χ2n) is 7.43. The fourth-order valence-electron chi connectivity index (χ4n) is 3.62. The number of carbonyl (C=O) groups is 1. The molecule has 0 spiro atoms. The lowest BCUT2D eigenvalue weighted by molar-refractivity contribution is -0.121. The Morgan fingerprint density at radius 1 is 0.839 bits per heavy atom. The van der Waals surface area contributed by atoms with E-state index >= 15 is 0 Å². The number of amides is 1. The van der Waals surface area contributed by atoms with Crippen LogP contribution in [0.25, 0.3) is 0 Å². The summed E-state index contributed by atoms with van der Waals surface area (Å²) in [5.74, 6) is 1.24. The van der Waals surface area contributed by atoms with Crippen LogP contribution in [0.4, 0.5) is 5.69 Å². The fraction of sp³-hybridized carbons (Fsp3) is 0.208. The van der Waals surface area contributed by atoms with Crippen molar-refractivity contribution >= 4 is 21.4 Å². The Bertz CT molecular complexity index is 1120. The Balaban J connectivity index is 1.53. The lowest BCUT2D eigenvalue weighted by Gasteiger charge is -2.33. The van der Waals surface area contributed by atoms with Crippen molar-refractivity contribution in [3.63, 3.8) is 0 Å². The largest absolute Gasteiger partial charge is 0.457 e. The van der Waals surface area contributed by atoms with Crippen LogP contribution in [0, 0.1) is 0 Å². The van der Waals surface area contributed by atoms with Gasteiger partial charge in [-0.05, 0) is 29.8 Å². The van der Waals surface area contributed by atoms with Crippen LogP contribution in [0.2, 0.25) is 0 Å². The van der Waals surface area contributed by atoms with Crippen LogP contribution in [-0.2, 0) is 14.6 Å². The van der Waals surface area contributed by atoms with E-state index in [-0.39, 0.29) is 17.4 Å². The van der Waals surface area contributed by atoms with Crippen LogP contribution in [-0.4, -0.2) is 43.8 Å². The van der Waals surface area contributed by atoms with Crippen LogP contribution in [0.5, 0.6) is 11.5 Å². The van der Waals surface area contributed by atoms with Gasteiger partial charge in [-0.2, -0.15) is 0 Å². The van der Waals surface area contributed by atoms with Crippen molar-refractivity contribution in [1.82, 2.24) is 4.90 Å². The third-order valence-corrected chi connectivity index (χ3v) is 6.80. The molecule has 1 aliphatic heterocycles. The Hall–Kier alpha value is -3.16. The third kappa shape index (κ3) is 5.51. The van der Waals surface area contributed by atoms with E-state index in [0.717, 1.165) is 5.56 Å². The van der Waals surface area contributed by atoms with Gasteiger partial charge in [-0.25, -0.2) is 8.42 Å². The average molecular weight is 437 g/mol.